The summed E-state index contributed by atoms with van der Waals surface area (Å²) in [5.74, 6) is 0.0451. The van der Waals surface area contributed by atoms with Crippen molar-refractivity contribution in [2.45, 2.75) is 43.7 Å². The largest absolute Gasteiger partial charge is 1.00 e. The topological polar surface area (TPSA) is 55.3 Å². The SMILES string of the molecule is Cc1n(CCCOC(=O)C(c2ccccc2)C2(O)CC=CS2)cc[n+]1Cc1ccc(Br)cc1.[Br-]. The van der Waals surface area contributed by atoms with Crippen LogP contribution in [0.3, 0.4) is 0 Å². The molecule has 0 bridgehead atoms. The number of carbonyl (C=O) groups is 1. The van der Waals surface area contributed by atoms with Gasteiger partial charge in [-0.05, 0) is 28.7 Å². The molecule has 0 saturated carbocycles. The molecule has 4 rings (SSSR count). The van der Waals surface area contributed by atoms with Gasteiger partial charge in [-0.1, -0.05) is 76.2 Å². The molecule has 2 heterocycles. The molecule has 2 unspecified atom stereocenters. The Balaban J connectivity index is 0.00000324. The lowest BCUT2D eigenvalue weighted by Gasteiger charge is -2.30. The minimum absolute atomic E-state index is 0. The molecule has 1 aliphatic heterocycles. The first kappa shape index (κ1) is 26.7. The van der Waals surface area contributed by atoms with Gasteiger partial charge in [0.2, 0.25) is 0 Å². The summed E-state index contributed by atoms with van der Waals surface area (Å²) in [6, 6.07) is 17.7. The van der Waals surface area contributed by atoms with E-state index in [0.717, 1.165) is 29.0 Å². The fourth-order valence-electron chi connectivity index (χ4n) is 4.07. The van der Waals surface area contributed by atoms with Crippen molar-refractivity contribution in [1.82, 2.24) is 4.57 Å². The Bertz CT molecular complexity index is 1110. The number of aliphatic hydroxyl groups is 1. The summed E-state index contributed by atoms with van der Waals surface area (Å²) in [6.07, 6.45) is 7.16. The quantitative estimate of drug-likeness (QED) is 0.230. The molecule has 0 saturated heterocycles. The van der Waals surface area contributed by atoms with Crippen LogP contribution in [0.1, 0.15) is 35.7 Å². The van der Waals surface area contributed by atoms with Crippen LogP contribution in [-0.2, 0) is 22.6 Å². The van der Waals surface area contributed by atoms with Crippen molar-refractivity contribution in [2.24, 2.45) is 0 Å². The van der Waals surface area contributed by atoms with E-state index in [-0.39, 0.29) is 23.0 Å². The van der Waals surface area contributed by atoms with Crippen molar-refractivity contribution in [3.63, 3.8) is 0 Å². The zero-order valence-corrected chi connectivity index (χ0v) is 22.9. The fourth-order valence-corrected chi connectivity index (χ4v) is 5.32. The van der Waals surface area contributed by atoms with Crippen LogP contribution < -0.4 is 21.5 Å². The average molecular weight is 608 g/mol. The van der Waals surface area contributed by atoms with Gasteiger partial charge in [0.25, 0.3) is 5.82 Å². The highest BCUT2D eigenvalue weighted by Crippen LogP contribution is 2.45. The number of thioether (sulfide) groups is 1. The van der Waals surface area contributed by atoms with Crippen molar-refractivity contribution in [2.75, 3.05) is 6.61 Å². The summed E-state index contributed by atoms with van der Waals surface area (Å²) >= 11 is 4.76. The molecule has 2 aromatic carbocycles. The number of hydrogen-bond acceptors (Lipinski definition) is 4. The predicted molar refractivity (Wildman–Crippen MR) is 134 cm³/mol. The van der Waals surface area contributed by atoms with E-state index in [0.29, 0.717) is 19.4 Å². The zero-order valence-electron chi connectivity index (χ0n) is 18.9. The highest BCUT2D eigenvalue weighted by molar-refractivity contribution is 9.10. The van der Waals surface area contributed by atoms with E-state index in [1.807, 2.05) is 41.8 Å². The number of ether oxygens (including phenoxy) is 1. The summed E-state index contributed by atoms with van der Waals surface area (Å²) in [4.78, 5) is 11.8. The van der Waals surface area contributed by atoms with E-state index in [2.05, 4.69) is 68.6 Å². The third-order valence-electron chi connectivity index (χ3n) is 5.91. The van der Waals surface area contributed by atoms with Crippen LogP contribution >= 0.6 is 27.7 Å². The summed E-state index contributed by atoms with van der Waals surface area (Å²) < 4.78 is 11.1. The minimum Gasteiger partial charge on any atom is -1.00 e. The van der Waals surface area contributed by atoms with Crippen molar-refractivity contribution < 1.29 is 36.2 Å². The van der Waals surface area contributed by atoms with Gasteiger partial charge in [0, 0.05) is 24.2 Å². The molecule has 5 nitrogen and oxygen atoms in total. The number of halogens is 2. The lowest BCUT2D eigenvalue weighted by Crippen LogP contribution is -3.00. The predicted octanol–water partition coefficient (Wildman–Crippen LogP) is 1.96. The maximum absolute atomic E-state index is 13.0. The first-order chi connectivity index (χ1) is 16.0. The fraction of sp³-hybridized carbons (Fsp3) is 0.308. The van der Waals surface area contributed by atoms with Gasteiger partial charge in [-0.3, -0.25) is 4.79 Å². The lowest BCUT2D eigenvalue weighted by atomic mass is 9.91. The number of aryl methyl sites for hydroxylation is 1. The highest BCUT2D eigenvalue weighted by atomic mass is 79.9. The van der Waals surface area contributed by atoms with Crippen LogP contribution in [-0.4, -0.2) is 27.2 Å². The Labute approximate surface area is 223 Å². The van der Waals surface area contributed by atoms with Crippen LogP contribution in [0.4, 0.5) is 0 Å². The number of esters is 1. The van der Waals surface area contributed by atoms with Crippen molar-refractivity contribution in [3.05, 3.63) is 99.9 Å². The van der Waals surface area contributed by atoms with Gasteiger partial charge in [-0.2, -0.15) is 0 Å². The van der Waals surface area contributed by atoms with Crippen molar-refractivity contribution in [1.29, 1.82) is 0 Å². The number of imidazole rings is 1. The van der Waals surface area contributed by atoms with E-state index in [4.69, 9.17) is 4.74 Å². The van der Waals surface area contributed by atoms with E-state index in [1.165, 1.54) is 17.3 Å². The first-order valence-corrected chi connectivity index (χ1v) is 12.7. The minimum atomic E-state index is -1.20. The monoisotopic (exact) mass is 606 g/mol. The van der Waals surface area contributed by atoms with Crippen LogP contribution in [0.25, 0.3) is 0 Å². The van der Waals surface area contributed by atoms with Gasteiger partial charge < -0.3 is 26.8 Å². The third-order valence-corrected chi connectivity index (χ3v) is 7.58. The number of hydrogen-bond donors (Lipinski definition) is 1. The second-order valence-electron chi connectivity index (χ2n) is 8.20. The second kappa shape index (κ2) is 12.2. The molecule has 0 amide bonds. The molecule has 2 atom stereocenters. The standard InChI is InChI=1S/C26H28BrN2O3S.BrH/c1-20-28(15-16-29(20)19-21-9-11-23(27)12-10-21)14-6-17-32-25(30)24(22-7-3-2-4-8-22)26(31)13-5-18-33-26;/h2-5,7-12,15-16,18,24,31H,6,13-14,17,19H2,1H3;1H/q+1;/p-1. The molecule has 0 spiro atoms. The maximum atomic E-state index is 13.0. The number of benzene rings is 2. The van der Waals surface area contributed by atoms with Crippen molar-refractivity contribution in [3.8, 4) is 0 Å². The normalized spacial score (nSPS) is 17.9. The lowest BCUT2D eigenvalue weighted by molar-refractivity contribution is -0.694. The van der Waals surface area contributed by atoms with E-state index in [1.54, 1.807) is 0 Å². The molecular formula is C26H28Br2N2O3S. The van der Waals surface area contributed by atoms with E-state index < -0.39 is 10.9 Å². The van der Waals surface area contributed by atoms with Crippen LogP contribution in [0.2, 0.25) is 0 Å². The molecule has 0 fully saturated rings. The Morgan fingerprint density at radius 2 is 1.97 bits per heavy atom. The molecular weight excluding hydrogens is 580 g/mol. The molecule has 1 aromatic heterocycles. The smallest absolute Gasteiger partial charge is 0.317 e. The molecule has 0 radical (unpaired) electrons. The summed E-state index contributed by atoms with van der Waals surface area (Å²) in [5, 5.41) is 12.9. The van der Waals surface area contributed by atoms with Gasteiger partial charge in [0.1, 0.15) is 29.8 Å². The molecule has 3 aromatic rings. The zero-order chi connectivity index (χ0) is 23.3. The Hall–Kier alpha value is -1.87. The second-order valence-corrected chi connectivity index (χ2v) is 10.3. The van der Waals surface area contributed by atoms with Crippen LogP contribution in [0, 0.1) is 6.92 Å². The number of rotatable bonds is 9. The Morgan fingerprint density at radius 3 is 2.65 bits per heavy atom. The Morgan fingerprint density at radius 1 is 1.24 bits per heavy atom. The van der Waals surface area contributed by atoms with Crippen molar-refractivity contribution >= 4 is 33.7 Å². The summed E-state index contributed by atoms with van der Waals surface area (Å²) in [5.41, 5.74) is 2.01. The molecule has 180 valence electrons. The number of carbonyl (C=O) groups excluding carboxylic acids is 1. The molecule has 1 aliphatic rings. The van der Waals surface area contributed by atoms with Gasteiger partial charge in [-0.15, -0.1) is 0 Å². The van der Waals surface area contributed by atoms with Crippen LogP contribution in [0.5, 0.6) is 0 Å². The van der Waals surface area contributed by atoms with Gasteiger partial charge in [0.15, 0.2) is 0 Å². The first-order valence-electron chi connectivity index (χ1n) is 11.0. The molecule has 1 N–H and O–H groups in total. The maximum Gasteiger partial charge on any atom is 0.317 e. The van der Waals surface area contributed by atoms with E-state index >= 15 is 0 Å². The molecule has 0 aliphatic carbocycles. The summed E-state index contributed by atoms with van der Waals surface area (Å²) in [6.45, 7) is 3.96. The Kier molecular flexibility index (Phi) is 9.59. The number of nitrogens with zero attached hydrogens (tertiary/aromatic N) is 2. The third kappa shape index (κ3) is 6.42. The van der Waals surface area contributed by atoms with Crippen LogP contribution in [0.15, 0.2) is 82.9 Å². The average Bonchev–Trinajstić information content (AvgIpc) is 3.40. The van der Waals surface area contributed by atoms with Gasteiger partial charge >= 0.3 is 5.97 Å². The van der Waals surface area contributed by atoms with Gasteiger partial charge in [-0.25, -0.2) is 9.13 Å². The summed E-state index contributed by atoms with van der Waals surface area (Å²) in [7, 11) is 0. The molecule has 8 heteroatoms. The molecule has 34 heavy (non-hydrogen) atoms. The highest BCUT2D eigenvalue weighted by Gasteiger charge is 2.44. The van der Waals surface area contributed by atoms with Gasteiger partial charge in [0.05, 0.1) is 13.2 Å². The number of aromatic nitrogens is 2. The van der Waals surface area contributed by atoms with E-state index in [9.17, 15) is 9.90 Å².